The normalized spacial score (nSPS) is 10.3. The minimum absolute atomic E-state index is 0. The van der Waals surface area contributed by atoms with Gasteiger partial charge in [0.25, 0.3) is 0 Å². The fourth-order valence-electron chi connectivity index (χ4n) is 0. The smallest absolute Gasteiger partial charge is 0.854 e. The van der Waals surface area contributed by atoms with E-state index in [0.29, 0.717) is 0 Å². The monoisotopic (exact) mass is 753 g/mol. The van der Waals surface area contributed by atoms with E-state index in [1.165, 1.54) is 0 Å². The summed E-state index contributed by atoms with van der Waals surface area (Å²) < 4.78 is 0. The summed E-state index contributed by atoms with van der Waals surface area (Å²) >= 11 is 0. The number of hydrogen-bond acceptors (Lipinski definition) is 8. The van der Waals surface area contributed by atoms with Gasteiger partial charge >= 0.3 is 151 Å². The minimum Gasteiger partial charge on any atom is -0.854 e. The van der Waals surface area contributed by atoms with E-state index >= 15 is 0 Å². The first-order chi connectivity index (χ1) is 20.5. The molecular formula is C40H88Li8O8. The van der Waals surface area contributed by atoms with Gasteiger partial charge in [0, 0.05) is 0 Å². The molecule has 16 heteroatoms. The van der Waals surface area contributed by atoms with Gasteiger partial charge in [0.2, 0.25) is 0 Å². The van der Waals surface area contributed by atoms with Gasteiger partial charge in [-0.25, -0.2) is 0 Å². The third-order valence-electron chi connectivity index (χ3n) is 3.46. The average Bonchev–Trinajstić information content (AvgIpc) is 2.88. The summed E-state index contributed by atoms with van der Waals surface area (Å²) in [4.78, 5) is 0. The first-order valence-corrected chi connectivity index (χ1v) is 17.1. The van der Waals surface area contributed by atoms with E-state index in [9.17, 15) is 40.9 Å². The van der Waals surface area contributed by atoms with Gasteiger partial charge in [-0.05, 0) is 0 Å². The molecule has 0 aromatic carbocycles. The molecular weight excluding hydrogens is 664 g/mol. The van der Waals surface area contributed by atoms with Gasteiger partial charge in [0.15, 0.2) is 0 Å². The van der Waals surface area contributed by atoms with Gasteiger partial charge in [-0.2, -0.15) is 0 Å². The molecule has 0 unspecified atom stereocenters. The number of rotatable bonds is 0. The molecule has 0 amide bonds. The van der Waals surface area contributed by atoms with Crippen LogP contribution in [0, 0.1) is 43.3 Å². The molecule has 0 aliphatic rings. The van der Waals surface area contributed by atoms with Crippen LogP contribution >= 0.6 is 0 Å². The SMILES string of the molecule is CC(C)(C)C[O-].CC(C)(C)C[O-].CC(C)(C)C[O-].CC(C)(C)C[O-].CC(C)(C)C[O-].CC(C)(C)C[O-].CC(C)(C)C[O-].CC(C)(C)C[O-].[Li+].[Li+].[Li+].[Li+].[Li+].[Li+].[Li+].[Li+]. The van der Waals surface area contributed by atoms with Crippen LogP contribution in [0.3, 0.4) is 0 Å². The Bertz CT molecular complexity index is 471. The quantitative estimate of drug-likeness (QED) is 0.219. The van der Waals surface area contributed by atoms with E-state index in [1.54, 1.807) is 0 Å². The Balaban J connectivity index is -0.0000000229. The molecule has 8 nitrogen and oxygen atoms in total. The fraction of sp³-hybridized carbons (Fsp3) is 1.00. The molecule has 0 aliphatic carbocycles. The van der Waals surface area contributed by atoms with Crippen LogP contribution in [0.25, 0.3) is 0 Å². The van der Waals surface area contributed by atoms with Gasteiger partial charge in [-0.15, -0.1) is 52.9 Å². The van der Waals surface area contributed by atoms with Crippen molar-refractivity contribution in [2.24, 2.45) is 43.3 Å². The molecule has 0 spiro atoms. The number of hydrogen-bond donors (Lipinski definition) is 0. The topological polar surface area (TPSA) is 184 Å². The standard InChI is InChI=1S/8C5H11O.8Li/c8*1-5(2,3)4-6;;;;;;;;/h8*4H2,1-3H3;;;;;;;;/q8*-1;8*+1. The van der Waals surface area contributed by atoms with Crippen molar-refractivity contribution < 1.29 is 192 Å². The molecule has 0 bridgehead atoms. The molecule has 0 saturated carbocycles. The molecule has 0 N–H and O–H groups in total. The van der Waals surface area contributed by atoms with Crippen LogP contribution in [-0.4, -0.2) is 52.9 Å². The molecule has 0 heterocycles. The Hall–Kier alpha value is 4.46. The van der Waals surface area contributed by atoms with Crippen LogP contribution in [0.4, 0.5) is 0 Å². The third-order valence-corrected chi connectivity index (χ3v) is 3.46. The minimum atomic E-state index is -0.0139. The maximum Gasteiger partial charge on any atom is 1.00 e. The zero-order valence-electron chi connectivity index (χ0n) is 44.9. The molecule has 0 atom stereocenters. The summed E-state index contributed by atoms with van der Waals surface area (Å²) in [5.74, 6) is 0. The maximum absolute atomic E-state index is 9.95. The van der Waals surface area contributed by atoms with Crippen LogP contribution in [0.1, 0.15) is 166 Å². The van der Waals surface area contributed by atoms with Crippen LogP contribution < -0.4 is 192 Å². The van der Waals surface area contributed by atoms with Crippen LogP contribution in [0.15, 0.2) is 0 Å². The summed E-state index contributed by atoms with van der Waals surface area (Å²) in [6, 6.07) is 0. The van der Waals surface area contributed by atoms with Crippen LogP contribution in [-0.2, 0) is 0 Å². The van der Waals surface area contributed by atoms with Gasteiger partial charge < -0.3 is 40.9 Å². The van der Waals surface area contributed by atoms with Crippen molar-refractivity contribution in [1.29, 1.82) is 0 Å². The van der Waals surface area contributed by atoms with Crippen LogP contribution in [0.5, 0.6) is 0 Å². The molecule has 56 heavy (non-hydrogen) atoms. The molecule has 0 radical (unpaired) electrons. The second kappa shape index (κ2) is 55.6. The van der Waals surface area contributed by atoms with Crippen molar-refractivity contribution in [2.45, 2.75) is 166 Å². The second-order valence-corrected chi connectivity index (χ2v) is 21.6. The van der Waals surface area contributed by atoms with Crippen molar-refractivity contribution in [1.82, 2.24) is 0 Å². The van der Waals surface area contributed by atoms with E-state index in [0.717, 1.165) is 0 Å². The molecule has 304 valence electrons. The molecule has 0 aromatic heterocycles. The van der Waals surface area contributed by atoms with Gasteiger partial charge in [-0.1, -0.05) is 209 Å². The molecule has 0 saturated heterocycles. The Morgan fingerprint density at radius 1 is 0.161 bits per heavy atom. The van der Waals surface area contributed by atoms with Crippen LogP contribution in [0.2, 0.25) is 0 Å². The predicted molar refractivity (Wildman–Crippen MR) is 195 cm³/mol. The Morgan fingerprint density at radius 3 is 0.179 bits per heavy atom. The van der Waals surface area contributed by atoms with Crippen molar-refractivity contribution >= 4 is 0 Å². The zero-order valence-corrected chi connectivity index (χ0v) is 44.9. The van der Waals surface area contributed by atoms with Crippen molar-refractivity contribution in [2.75, 3.05) is 52.9 Å². The largest absolute Gasteiger partial charge is 1.00 e. The van der Waals surface area contributed by atoms with Gasteiger partial charge in [0.05, 0.1) is 0 Å². The van der Waals surface area contributed by atoms with E-state index < -0.39 is 0 Å². The first kappa shape index (κ1) is 108. The first-order valence-electron chi connectivity index (χ1n) is 17.1. The maximum atomic E-state index is 9.95. The second-order valence-electron chi connectivity index (χ2n) is 21.6. The molecule has 0 aliphatic heterocycles. The Labute approximate surface area is 449 Å². The van der Waals surface area contributed by atoms with Gasteiger partial charge in [-0.3, -0.25) is 0 Å². The van der Waals surface area contributed by atoms with Crippen molar-refractivity contribution in [3.63, 3.8) is 0 Å². The van der Waals surface area contributed by atoms with E-state index in [2.05, 4.69) is 0 Å². The molecule has 0 aromatic rings. The summed E-state index contributed by atoms with van der Waals surface area (Å²) in [6.07, 6.45) is 0. The van der Waals surface area contributed by atoms with E-state index in [-0.39, 0.29) is 247 Å². The van der Waals surface area contributed by atoms with E-state index in [1.807, 2.05) is 166 Å². The van der Waals surface area contributed by atoms with E-state index in [4.69, 9.17) is 0 Å². The summed E-state index contributed by atoms with van der Waals surface area (Å²) in [6.45, 7) is 46.5. The van der Waals surface area contributed by atoms with Crippen molar-refractivity contribution in [3.05, 3.63) is 0 Å². The fourth-order valence-corrected chi connectivity index (χ4v) is 0. The Kier molecular flexibility index (Phi) is 107. The summed E-state index contributed by atoms with van der Waals surface area (Å²) in [7, 11) is 0. The predicted octanol–water partition coefficient (Wildman–Crippen LogP) is -20.8. The molecule has 0 fully saturated rings. The van der Waals surface area contributed by atoms with Gasteiger partial charge in [0.1, 0.15) is 0 Å². The Morgan fingerprint density at radius 2 is 0.179 bits per heavy atom. The summed E-state index contributed by atoms with van der Waals surface area (Å²) in [5, 5.41) is 79.6. The zero-order chi connectivity index (χ0) is 41.7. The third kappa shape index (κ3) is 238. The van der Waals surface area contributed by atoms with Crippen molar-refractivity contribution in [3.8, 4) is 0 Å². The molecule has 0 rings (SSSR count). The summed E-state index contributed by atoms with van der Waals surface area (Å²) in [5.41, 5.74) is -0.111. The average molecular weight is 753 g/mol.